The lowest BCUT2D eigenvalue weighted by molar-refractivity contribution is -0.148. The summed E-state index contributed by atoms with van der Waals surface area (Å²) in [4.78, 5) is 26.9. The molecule has 37 heavy (non-hydrogen) atoms. The molecule has 0 spiro atoms. The van der Waals surface area contributed by atoms with Gasteiger partial charge in [0.15, 0.2) is 0 Å². The Morgan fingerprint density at radius 2 is 1.68 bits per heavy atom. The van der Waals surface area contributed by atoms with Crippen LogP contribution >= 0.6 is 0 Å². The van der Waals surface area contributed by atoms with Gasteiger partial charge in [0.05, 0.1) is 26.4 Å². The van der Waals surface area contributed by atoms with E-state index in [0.717, 1.165) is 47.5 Å². The summed E-state index contributed by atoms with van der Waals surface area (Å²) in [6.45, 7) is 6.33. The van der Waals surface area contributed by atoms with E-state index < -0.39 is 17.5 Å². The van der Waals surface area contributed by atoms with Crippen molar-refractivity contribution in [3.8, 4) is 11.5 Å². The van der Waals surface area contributed by atoms with E-state index in [9.17, 15) is 14.7 Å². The number of ether oxygens (including phenoxy) is 3. The predicted molar refractivity (Wildman–Crippen MR) is 140 cm³/mol. The molecule has 2 fully saturated rings. The predicted octanol–water partition coefficient (Wildman–Crippen LogP) is 5.10. The number of rotatable bonds is 14. The average Bonchev–Trinajstić information content (AvgIpc) is 3.69. The minimum absolute atomic E-state index is 0.279. The van der Waals surface area contributed by atoms with Gasteiger partial charge in [-0.1, -0.05) is 30.3 Å². The second kappa shape index (κ2) is 12.3. The van der Waals surface area contributed by atoms with E-state index in [1.807, 2.05) is 56.3 Å². The summed E-state index contributed by atoms with van der Waals surface area (Å²) >= 11 is 0. The fraction of sp³-hybridized carbons (Fsp3) is 0.517. The van der Waals surface area contributed by atoms with Crippen LogP contribution in [0.1, 0.15) is 68.6 Å². The highest BCUT2D eigenvalue weighted by atomic mass is 16.5. The van der Waals surface area contributed by atoms with Gasteiger partial charge in [0.2, 0.25) is 0 Å². The normalized spacial score (nSPS) is 15.9. The zero-order valence-electron chi connectivity index (χ0n) is 21.8. The Bertz CT molecular complexity index is 1040. The van der Waals surface area contributed by atoms with Crippen molar-refractivity contribution in [1.82, 2.24) is 10.2 Å². The van der Waals surface area contributed by atoms with Crippen LogP contribution in [-0.2, 0) is 22.7 Å². The lowest BCUT2D eigenvalue weighted by Gasteiger charge is -2.39. The standard InChI is InChI=1S/C29H38N2O6/c1-3-36-24-17-22(18-25(37-4-2)26(24)23-11-12-23)19-31(15-16-35-20-21-9-6-5-7-10-21)28(34)30-29(27(32)33)13-8-14-29/h5-7,9-10,17-18,23H,3-4,8,11-16,19-20H2,1-2H3,(H,30,34)(H,32,33). The van der Waals surface area contributed by atoms with Crippen molar-refractivity contribution in [2.75, 3.05) is 26.4 Å². The van der Waals surface area contributed by atoms with Gasteiger partial charge in [0.25, 0.3) is 0 Å². The number of benzene rings is 2. The third-order valence-electron chi connectivity index (χ3n) is 6.99. The van der Waals surface area contributed by atoms with Gasteiger partial charge in [0, 0.05) is 18.7 Å². The van der Waals surface area contributed by atoms with Crippen LogP contribution in [0, 0.1) is 0 Å². The monoisotopic (exact) mass is 510 g/mol. The van der Waals surface area contributed by atoms with Crippen molar-refractivity contribution >= 4 is 12.0 Å². The number of carboxylic acid groups (broad SMARTS) is 1. The van der Waals surface area contributed by atoms with Gasteiger partial charge in [-0.15, -0.1) is 0 Å². The highest BCUT2D eigenvalue weighted by molar-refractivity contribution is 5.87. The van der Waals surface area contributed by atoms with Crippen molar-refractivity contribution in [3.05, 3.63) is 59.2 Å². The molecule has 0 heterocycles. The summed E-state index contributed by atoms with van der Waals surface area (Å²) in [5.41, 5.74) is 1.83. The lowest BCUT2D eigenvalue weighted by Crippen LogP contribution is -2.61. The molecule has 8 heteroatoms. The van der Waals surface area contributed by atoms with Gasteiger partial charge in [0.1, 0.15) is 17.0 Å². The van der Waals surface area contributed by atoms with Crippen LogP contribution < -0.4 is 14.8 Å². The molecule has 0 saturated heterocycles. The van der Waals surface area contributed by atoms with Gasteiger partial charge >= 0.3 is 12.0 Å². The minimum atomic E-state index is -1.19. The Hall–Kier alpha value is -3.26. The number of aliphatic carboxylic acids is 1. The maximum atomic E-state index is 13.4. The van der Waals surface area contributed by atoms with Gasteiger partial charge in [-0.3, -0.25) is 0 Å². The van der Waals surface area contributed by atoms with Crippen LogP contribution in [0.25, 0.3) is 0 Å². The Morgan fingerprint density at radius 3 is 2.19 bits per heavy atom. The van der Waals surface area contributed by atoms with E-state index in [-0.39, 0.29) is 6.54 Å². The maximum absolute atomic E-state index is 13.4. The topological polar surface area (TPSA) is 97.3 Å². The Morgan fingerprint density at radius 1 is 1.03 bits per heavy atom. The third-order valence-corrected chi connectivity index (χ3v) is 6.99. The van der Waals surface area contributed by atoms with Crippen LogP contribution in [0.5, 0.6) is 11.5 Å². The molecule has 2 saturated carbocycles. The summed E-state index contributed by atoms with van der Waals surface area (Å²) < 4.78 is 17.8. The first-order valence-corrected chi connectivity index (χ1v) is 13.3. The van der Waals surface area contributed by atoms with Gasteiger partial charge in [-0.05, 0) is 75.1 Å². The first kappa shape index (κ1) is 26.8. The summed E-state index contributed by atoms with van der Waals surface area (Å²) in [6.07, 6.45) is 3.88. The van der Waals surface area contributed by atoms with E-state index >= 15 is 0 Å². The maximum Gasteiger partial charge on any atom is 0.329 e. The molecule has 2 N–H and O–H groups in total. The molecule has 0 aliphatic heterocycles. The summed E-state index contributed by atoms with van der Waals surface area (Å²) in [7, 11) is 0. The fourth-order valence-corrected chi connectivity index (χ4v) is 4.69. The van der Waals surface area contributed by atoms with Crippen molar-refractivity contribution < 1.29 is 28.9 Å². The largest absolute Gasteiger partial charge is 0.493 e. The number of nitrogens with zero attached hydrogens (tertiary/aromatic N) is 1. The summed E-state index contributed by atoms with van der Waals surface area (Å²) in [5, 5.41) is 12.5. The van der Waals surface area contributed by atoms with Gasteiger partial charge in [-0.25, -0.2) is 9.59 Å². The van der Waals surface area contributed by atoms with Crippen LogP contribution in [0.3, 0.4) is 0 Å². The SMILES string of the molecule is CCOc1cc(CN(CCOCc2ccccc2)C(=O)NC2(C(=O)O)CCC2)cc(OCC)c1C1CC1. The Labute approximate surface area is 218 Å². The Kier molecular flexibility index (Phi) is 8.92. The molecule has 0 radical (unpaired) electrons. The number of hydrogen-bond acceptors (Lipinski definition) is 5. The highest BCUT2D eigenvalue weighted by Crippen LogP contribution is 2.49. The number of carbonyl (C=O) groups excluding carboxylic acids is 1. The molecule has 0 unspecified atom stereocenters. The molecule has 4 rings (SSSR count). The van der Waals surface area contributed by atoms with Gasteiger partial charge in [-0.2, -0.15) is 0 Å². The van der Waals surface area contributed by atoms with E-state index in [0.29, 0.717) is 51.7 Å². The smallest absolute Gasteiger partial charge is 0.329 e. The molecule has 2 amide bonds. The van der Waals surface area contributed by atoms with Crippen molar-refractivity contribution in [2.24, 2.45) is 0 Å². The molecule has 2 aromatic carbocycles. The number of carboxylic acids is 1. The number of amides is 2. The molecular formula is C29H38N2O6. The van der Waals surface area contributed by atoms with Crippen LogP contribution in [0.4, 0.5) is 4.79 Å². The van der Waals surface area contributed by atoms with E-state index in [1.165, 1.54) is 0 Å². The van der Waals surface area contributed by atoms with Crippen LogP contribution in [-0.4, -0.2) is 53.9 Å². The fourth-order valence-electron chi connectivity index (χ4n) is 4.69. The lowest BCUT2D eigenvalue weighted by atomic mass is 9.77. The molecule has 2 aliphatic carbocycles. The molecule has 2 aliphatic rings. The summed E-state index contributed by atoms with van der Waals surface area (Å²) in [6, 6.07) is 13.4. The molecule has 2 aromatic rings. The zero-order valence-corrected chi connectivity index (χ0v) is 21.8. The average molecular weight is 511 g/mol. The number of hydrogen-bond donors (Lipinski definition) is 2. The van der Waals surface area contributed by atoms with Crippen LogP contribution in [0.2, 0.25) is 0 Å². The molecule has 0 atom stereocenters. The quantitative estimate of drug-likeness (QED) is 0.343. The van der Waals surface area contributed by atoms with Crippen molar-refractivity contribution in [2.45, 2.75) is 70.6 Å². The second-order valence-electron chi connectivity index (χ2n) is 9.78. The third kappa shape index (κ3) is 6.74. The van der Waals surface area contributed by atoms with Gasteiger partial charge < -0.3 is 29.5 Å². The zero-order chi connectivity index (χ0) is 26.3. The molecular weight excluding hydrogens is 472 g/mol. The van der Waals surface area contributed by atoms with E-state index in [4.69, 9.17) is 14.2 Å². The first-order chi connectivity index (χ1) is 18.0. The van der Waals surface area contributed by atoms with Crippen molar-refractivity contribution in [1.29, 1.82) is 0 Å². The first-order valence-electron chi connectivity index (χ1n) is 13.3. The molecule has 200 valence electrons. The second-order valence-corrected chi connectivity index (χ2v) is 9.78. The van der Waals surface area contributed by atoms with Crippen LogP contribution in [0.15, 0.2) is 42.5 Å². The van der Waals surface area contributed by atoms with E-state index in [1.54, 1.807) is 4.90 Å². The summed E-state index contributed by atoms with van der Waals surface area (Å²) in [5.74, 6) is 1.05. The molecule has 8 nitrogen and oxygen atoms in total. The van der Waals surface area contributed by atoms with E-state index in [2.05, 4.69) is 5.32 Å². The Balaban J connectivity index is 1.52. The molecule has 0 bridgehead atoms. The number of urea groups is 1. The number of nitrogens with one attached hydrogen (secondary N) is 1. The minimum Gasteiger partial charge on any atom is -0.493 e. The number of carbonyl (C=O) groups is 2. The highest BCUT2D eigenvalue weighted by Gasteiger charge is 2.46. The molecule has 0 aromatic heterocycles. The van der Waals surface area contributed by atoms with Crippen molar-refractivity contribution in [3.63, 3.8) is 0 Å².